The minimum atomic E-state index is -2.68. The van der Waals surface area contributed by atoms with Gasteiger partial charge in [-0.05, 0) is 10.7 Å². The fourth-order valence-corrected chi connectivity index (χ4v) is 4.38. The molecule has 62 valence electrons. The van der Waals surface area contributed by atoms with Gasteiger partial charge in [-0.2, -0.15) is 0 Å². The van der Waals surface area contributed by atoms with Crippen molar-refractivity contribution in [2.45, 2.75) is 25.9 Å². The molecule has 1 atom stereocenters. The maximum absolute atomic E-state index is 11.6. The topological polar surface area (TPSA) is 26.3 Å². The summed E-state index contributed by atoms with van der Waals surface area (Å²) in [6.07, 6.45) is 0. The zero-order valence-corrected chi connectivity index (χ0v) is 9.02. The number of hydrogen-bond acceptors (Lipinski definition) is 3. The molecule has 0 fully saturated rings. The van der Waals surface area contributed by atoms with Gasteiger partial charge in [-0.1, -0.05) is 20.8 Å². The van der Waals surface area contributed by atoms with Crippen molar-refractivity contribution in [3.8, 4) is 0 Å². The Kier molecular flexibility index (Phi) is 3.77. The van der Waals surface area contributed by atoms with Gasteiger partial charge in [0.25, 0.3) is 6.57 Å². The molecule has 0 bridgehead atoms. The standard InChI is InChI=1S/C5H12ClO2PS/c1-5(2,3)9(7,8-4)10-6/h1-4H3. The highest BCUT2D eigenvalue weighted by atomic mass is 35.7. The third-order valence-electron chi connectivity index (χ3n) is 1.15. The summed E-state index contributed by atoms with van der Waals surface area (Å²) < 4.78 is 16.4. The molecule has 1 unspecified atom stereocenters. The Labute approximate surface area is 70.4 Å². The quantitative estimate of drug-likeness (QED) is 0.641. The summed E-state index contributed by atoms with van der Waals surface area (Å²) in [5.74, 6) is 0. The van der Waals surface area contributed by atoms with Crippen LogP contribution < -0.4 is 0 Å². The number of halogens is 1. The Morgan fingerprint density at radius 2 is 1.90 bits per heavy atom. The summed E-state index contributed by atoms with van der Waals surface area (Å²) in [6.45, 7) is 2.84. The van der Waals surface area contributed by atoms with Crippen LogP contribution in [0.3, 0.4) is 0 Å². The molecule has 0 aromatic heterocycles. The summed E-state index contributed by atoms with van der Waals surface area (Å²) >= 11 is 0. The first-order valence-electron chi connectivity index (χ1n) is 2.83. The SMILES string of the molecule is COP(=O)(SCl)C(C)(C)C. The Bertz CT molecular complexity index is 146. The summed E-state index contributed by atoms with van der Waals surface area (Å²) in [4.78, 5) is 0. The van der Waals surface area contributed by atoms with E-state index in [1.165, 1.54) is 7.11 Å². The van der Waals surface area contributed by atoms with E-state index in [1.807, 2.05) is 20.8 Å². The van der Waals surface area contributed by atoms with Gasteiger partial charge in [0, 0.05) is 22.9 Å². The van der Waals surface area contributed by atoms with Gasteiger partial charge in [-0.3, -0.25) is 4.57 Å². The van der Waals surface area contributed by atoms with Gasteiger partial charge in [-0.25, -0.2) is 0 Å². The smallest absolute Gasteiger partial charge is 0.277 e. The van der Waals surface area contributed by atoms with Crippen molar-refractivity contribution < 1.29 is 9.09 Å². The van der Waals surface area contributed by atoms with Crippen molar-refractivity contribution in [3.63, 3.8) is 0 Å². The average molecular weight is 203 g/mol. The lowest BCUT2D eigenvalue weighted by atomic mass is 10.3. The van der Waals surface area contributed by atoms with Crippen molar-refractivity contribution in [1.29, 1.82) is 0 Å². The third-order valence-corrected chi connectivity index (χ3v) is 7.73. The van der Waals surface area contributed by atoms with Gasteiger partial charge in [0.1, 0.15) is 0 Å². The highest BCUT2D eigenvalue weighted by Crippen LogP contribution is 2.69. The molecule has 0 aliphatic carbocycles. The van der Waals surface area contributed by atoms with E-state index in [0.717, 1.165) is 10.6 Å². The van der Waals surface area contributed by atoms with E-state index >= 15 is 0 Å². The predicted octanol–water partition coefficient (Wildman–Crippen LogP) is 3.51. The maximum atomic E-state index is 11.6. The van der Waals surface area contributed by atoms with E-state index in [4.69, 9.17) is 15.2 Å². The fourth-order valence-electron chi connectivity index (χ4n) is 0.406. The molecular weight excluding hydrogens is 191 g/mol. The van der Waals surface area contributed by atoms with Crippen LogP contribution in [-0.2, 0) is 9.09 Å². The van der Waals surface area contributed by atoms with Gasteiger partial charge in [0.05, 0.1) is 0 Å². The average Bonchev–Trinajstić information content (AvgIpc) is 1.84. The maximum Gasteiger partial charge on any atom is 0.277 e. The van der Waals surface area contributed by atoms with Crippen LogP contribution in [0, 0.1) is 0 Å². The summed E-state index contributed by atoms with van der Waals surface area (Å²) in [6, 6.07) is 0. The molecular formula is C5H12ClO2PS. The van der Waals surface area contributed by atoms with E-state index in [0.29, 0.717) is 0 Å². The van der Waals surface area contributed by atoms with Gasteiger partial charge in [0.2, 0.25) is 0 Å². The predicted molar refractivity (Wildman–Crippen MR) is 47.8 cm³/mol. The summed E-state index contributed by atoms with van der Waals surface area (Å²) in [7, 11) is 7.62. The van der Waals surface area contributed by atoms with Crippen LogP contribution in [0.4, 0.5) is 0 Å². The monoisotopic (exact) mass is 202 g/mol. The first-order chi connectivity index (χ1) is 4.37. The molecule has 0 rings (SSSR count). The lowest BCUT2D eigenvalue weighted by molar-refractivity contribution is 0.388. The van der Waals surface area contributed by atoms with Crippen molar-refractivity contribution >= 4 is 27.8 Å². The molecule has 0 saturated heterocycles. The second kappa shape index (κ2) is 3.48. The molecule has 10 heavy (non-hydrogen) atoms. The van der Waals surface area contributed by atoms with Crippen molar-refractivity contribution in [2.75, 3.05) is 7.11 Å². The molecule has 0 heterocycles. The molecule has 0 aromatic carbocycles. The molecule has 0 spiro atoms. The third kappa shape index (κ3) is 2.16. The van der Waals surface area contributed by atoms with Crippen LogP contribution in [0.25, 0.3) is 0 Å². The molecule has 0 aliphatic heterocycles. The largest absolute Gasteiger partial charge is 0.323 e. The molecule has 0 aromatic rings. The lowest BCUT2D eigenvalue weighted by Crippen LogP contribution is -2.12. The molecule has 2 nitrogen and oxygen atoms in total. The molecule has 0 saturated carbocycles. The van der Waals surface area contributed by atoms with Crippen molar-refractivity contribution in [1.82, 2.24) is 0 Å². The van der Waals surface area contributed by atoms with E-state index < -0.39 is 6.57 Å². The molecule has 0 amide bonds. The summed E-state index contributed by atoms with van der Waals surface area (Å²) in [5, 5.41) is -0.381. The minimum Gasteiger partial charge on any atom is -0.323 e. The molecule has 0 aliphatic rings. The minimum absolute atomic E-state index is 0.381. The second-order valence-electron chi connectivity index (χ2n) is 2.92. The first kappa shape index (κ1) is 10.8. The second-order valence-corrected chi connectivity index (χ2v) is 8.86. The van der Waals surface area contributed by atoms with E-state index in [-0.39, 0.29) is 5.16 Å². The first-order valence-corrected chi connectivity index (χ1v) is 6.71. The van der Waals surface area contributed by atoms with E-state index in [9.17, 15) is 4.57 Å². The van der Waals surface area contributed by atoms with Crippen LogP contribution in [-0.4, -0.2) is 12.3 Å². The van der Waals surface area contributed by atoms with Crippen LogP contribution in [0.15, 0.2) is 0 Å². The normalized spacial score (nSPS) is 18.5. The highest BCUT2D eigenvalue weighted by molar-refractivity contribution is 8.67. The van der Waals surface area contributed by atoms with Gasteiger partial charge in [0.15, 0.2) is 0 Å². The van der Waals surface area contributed by atoms with Crippen LogP contribution >= 0.6 is 27.8 Å². The van der Waals surface area contributed by atoms with Crippen LogP contribution in [0.5, 0.6) is 0 Å². The fraction of sp³-hybridized carbons (Fsp3) is 1.00. The molecule has 5 heteroatoms. The van der Waals surface area contributed by atoms with E-state index in [1.54, 1.807) is 0 Å². The number of hydrogen-bond donors (Lipinski definition) is 0. The van der Waals surface area contributed by atoms with Crippen LogP contribution in [0.2, 0.25) is 0 Å². The van der Waals surface area contributed by atoms with Crippen LogP contribution in [0.1, 0.15) is 20.8 Å². The lowest BCUT2D eigenvalue weighted by Gasteiger charge is -2.25. The van der Waals surface area contributed by atoms with E-state index in [2.05, 4.69) is 0 Å². The van der Waals surface area contributed by atoms with Gasteiger partial charge < -0.3 is 4.52 Å². The Hall–Kier alpha value is 0.830. The Morgan fingerprint density at radius 3 is 1.90 bits per heavy atom. The molecule has 0 radical (unpaired) electrons. The highest BCUT2D eigenvalue weighted by Gasteiger charge is 2.37. The van der Waals surface area contributed by atoms with Gasteiger partial charge in [-0.15, -0.1) is 0 Å². The van der Waals surface area contributed by atoms with Crippen molar-refractivity contribution in [3.05, 3.63) is 0 Å². The Morgan fingerprint density at radius 1 is 1.50 bits per heavy atom. The number of rotatable bonds is 2. The van der Waals surface area contributed by atoms with Gasteiger partial charge >= 0.3 is 0 Å². The van der Waals surface area contributed by atoms with Crippen molar-refractivity contribution in [2.24, 2.45) is 0 Å². The zero-order chi connectivity index (χ0) is 8.41. The summed E-state index contributed by atoms with van der Waals surface area (Å²) in [5.41, 5.74) is 0. The molecule has 0 N–H and O–H groups in total. The zero-order valence-electron chi connectivity index (χ0n) is 6.55. The Balaban J connectivity index is 4.51.